The molecule has 1 rings (SSSR count). The average Bonchev–Trinajstić information content (AvgIpc) is 2.66. The molecule has 0 spiro atoms. The van der Waals surface area contributed by atoms with Gasteiger partial charge in [-0.05, 0) is 41.9 Å². The standard InChI is InChI=1S/C24H46N2O4/c1-8-18(9-2)14-29-21(27)25-17-24(7)13-20(12-23(5,6)16-24)26-22(28)30-15-19(10-3)11-4/h18-20H,8-17H2,1-7H3,(H,25,27)(H,26,28). The highest BCUT2D eigenvalue weighted by atomic mass is 16.6. The third-order valence-electron chi connectivity index (χ3n) is 6.63. The summed E-state index contributed by atoms with van der Waals surface area (Å²) in [5.74, 6) is 0.832. The molecule has 0 aromatic carbocycles. The minimum atomic E-state index is -0.347. The lowest BCUT2D eigenvalue weighted by Gasteiger charge is -2.46. The maximum atomic E-state index is 12.3. The first-order chi connectivity index (χ1) is 14.1. The van der Waals surface area contributed by atoms with E-state index in [1.165, 1.54) is 0 Å². The number of rotatable bonds is 11. The first kappa shape index (κ1) is 26.6. The van der Waals surface area contributed by atoms with Crippen LogP contribution in [0.2, 0.25) is 0 Å². The second-order valence-corrected chi connectivity index (χ2v) is 10.3. The van der Waals surface area contributed by atoms with Crippen LogP contribution in [0.25, 0.3) is 0 Å². The Labute approximate surface area is 184 Å². The molecule has 0 heterocycles. The molecule has 2 atom stereocenters. The van der Waals surface area contributed by atoms with E-state index in [-0.39, 0.29) is 29.1 Å². The molecular weight excluding hydrogens is 380 g/mol. The molecule has 0 aromatic heterocycles. The van der Waals surface area contributed by atoms with Crippen molar-refractivity contribution in [1.82, 2.24) is 10.6 Å². The van der Waals surface area contributed by atoms with Crippen molar-refractivity contribution in [3.8, 4) is 0 Å². The summed E-state index contributed by atoms with van der Waals surface area (Å²) in [7, 11) is 0. The molecule has 0 saturated heterocycles. The largest absolute Gasteiger partial charge is 0.449 e. The molecule has 0 aromatic rings. The third-order valence-corrected chi connectivity index (χ3v) is 6.63. The zero-order chi connectivity index (χ0) is 22.8. The Morgan fingerprint density at radius 2 is 1.37 bits per heavy atom. The summed E-state index contributed by atoms with van der Waals surface area (Å²) in [5, 5.41) is 6.03. The maximum absolute atomic E-state index is 12.3. The number of carbonyl (C=O) groups excluding carboxylic acids is 2. The molecule has 2 amide bonds. The Bertz CT molecular complexity index is 529. The summed E-state index contributed by atoms with van der Waals surface area (Å²) in [5.41, 5.74) is -0.0373. The van der Waals surface area contributed by atoms with E-state index in [0.717, 1.165) is 44.9 Å². The van der Waals surface area contributed by atoms with Crippen LogP contribution >= 0.6 is 0 Å². The van der Waals surface area contributed by atoms with Gasteiger partial charge in [0, 0.05) is 12.6 Å². The third kappa shape index (κ3) is 9.57. The predicted octanol–water partition coefficient (Wildman–Crippen LogP) is 5.90. The molecule has 0 bridgehead atoms. The number of ether oxygens (including phenoxy) is 2. The van der Waals surface area contributed by atoms with Crippen LogP contribution in [0.15, 0.2) is 0 Å². The van der Waals surface area contributed by atoms with Crippen LogP contribution in [-0.4, -0.2) is 38.0 Å². The number of amides is 2. The fraction of sp³-hybridized carbons (Fsp3) is 0.917. The highest BCUT2D eigenvalue weighted by Gasteiger charge is 2.42. The monoisotopic (exact) mass is 426 g/mol. The Morgan fingerprint density at radius 1 is 0.867 bits per heavy atom. The number of hydrogen-bond acceptors (Lipinski definition) is 4. The Balaban J connectivity index is 2.57. The van der Waals surface area contributed by atoms with Crippen molar-refractivity contribution in [3.05, 3.63) is 0 Å². The molecular formula is C24H46N2O4. The van der Waals surface area contributed by atoms with Crippen LogP contribution in [0.3, 0.4) is 0 Å². The van der Waals surface area contributed by atoms with E-state index in [0.29, 0.717) is 31.6 Å². The Kier molecular flexibility index (Phi) is 11.0. The van der Waals surface area contributed by atoms with Gasteiger partial charge in [0.25, 0.3) is 0 Å². The molecule has 1 fully saturated rings. The lowest BCUT2D eigenvalue weighted by Crippen LogP contribution is -2.50. The Morgan fingerprint density at radius 3 is 1.87 bits per heavy atom. The zero-order valence-electron chi connectivity index (χ0n) is 20.4. The molecule has 2 N–H and O–H groups in total. The minimum Gasteiger partial charge on any atom is -0.449 e. The van der Waals surface area contributed by atoms with Gasteiger partial charge in [-0.25, -0.2) is 9.59 Å². The summed E-state index contributed by atoms with van der Waals surface area (Å²) in [4.78, 5) is 24.5. The van der Waals surface area contributed by atoms with Crippen LogP contribution in [-0.2, 0) is 9.47 Å². The van der Waals surface area contributed by atoms with E-state index < -0.39 is 0 Å². The molecule has 2 unspecified atom stereocenters. The SMILES string of the molecule is CCC(CC)COC(=O)NCC1(C)CC(NC(=O)OCC(CC)CC)CC(C)(C)C1. The summed E-state index contributed by atoms with van der Waals surface area (Å²) < 4.78 is 10.9. The summed E-state index contributed by atoms with van der Waals surface area (Å²) >= 11 is 0. The quantitative estimate of drug-likeness (QED) is 0.431. The average molecular weight is 427 g/mol. The topological polar surface area (TPSA) is 76.7 Å². The number of alkyl carbamates (subject to hydrolysis) is 2. The van der Waals surface area contributed by atoms with E-state index in [1.807, 2.05) is 0 Å². The molecule has 176 valence electrons. The normalized spacial score (nSPS) is 23.3. The fourth-order valence-electron chi connectivity index (χ4n) is 4.85. The van der Waals surface area contributed by atoms with E-state index >= 15 is 0 Å². The predicted molar refractivity (Wildman–Crippen MR) is 122 cm³/mol. The summed E-state index contributed by atoms with van der Waals surface area (Å²) in [6.07, 6.45) is 6.06. The molecule has 0 aliphatic heterocycles. The van der Waals surface area contributed by atoms with E-state index in [9.17, 15) is 9.59 Å². The maximum Gasteiger partial charge on any atom is 0.407 e. The van der Waals surface area contributed by atoms with Crippen molar-refractivity contribution in [1.29, 1.82) is 0 Å². The molecule has 6 heteroatoms. The van der Waals surface area contributed by atoms with Gasteiger partial charge in [0.15, 0.2) is 0 Å². The molecule has 1 saturated carbocycles. The van der Waals surface area contributed by atoms with Crippen molar-refractivity contribution >= 4 is 12.2 Å². The minimum absolute atomic E-state index is 0.0373. The van der Waals surface area contributed by atoms with Crippen LogP contribution in [0.5, 0.6) is 0 Å². The van der Waals surface area contributed by atoms with Gasteiger partial charge in [0.2, 0.25) is 0 Å². The van der Waals surface area contributed by atoms with Gasteiger partial charge >= 0.3 is 12.2 Å². The van der Waals surface area contributed by atoms with Crippen molar-refractivity contribution in [3.63, 3.8) is 0 Å². The van der Waals surface area contributed by atoms with Gasteiger partial charge in [-0.3, -0.25) is 0 Å². The van der Waals surface area contributed by atoms with Crippen LogP contribution < -0.4 is 10.6 Å². The van der Waals surface area contributed by atoms with Gasteiger partial charge in [-0.15, -0.1) is 0 Å². The van der Waals surface area contributed by atoms with Crippen molar-refractivity contribution in [2.75, 3.05) is 19.8 Å². The molecule has 30 heavy (non-hydrogen) atoms. The number of carbonyl (C=O) groups is 2. The smallest absolute Gasteiger partial charge is 0.407 e. The zero-order valence-corrected chi connectivity index (χ0v) is 20.4. The van der Waals surface area contributed by atoms with Crippen molar-refractivity contribution < 1.29 is 19.1 Å². The van der Waals surface area contributed by atoms with Crippen LogP contribution in [0.4, 0.5) is 9.59 Å². The number of hydrogen-bond donors (Lipinski definition) is 2. The lowest BCUT2D eigenvalue weighted by atomic mass is 9.62. The fourth-order valence-corrected chi connectivity index (χ4v) is 4.85. The lowest BCUT2D eigenvalue weighted by molar-refractivity contribution is 0.0588. The second kappa shape index (κ2) is 12.4. The first-order valence-electron chi connectivity index (χ1n) is 11.9. The van der Waals surface area contributed by atoms with E-state index in [1.54, 1.807) is 0 Å². The van der Waals surface area contributed by atoms with Gasteiger partial charge in [-0.2, -0.15) is 0 Å². The molecule has 1 aliphatic rings. The van der Waals surface area contributed by atoms with Crippen molar-refractivity contribution in [2.24, 2.45) is 22.7 Å². The molecule has 6 nitrogen and oxygen atoms in total. The van der Waals surface area contributed by atoms with Crippen LogP contribution in [0.1, 0.15) is 93.4 Å². The molecule has 0 radical (unpaired) electrons. The van der Waals surface area contributed by atoms with E-state index in [2.05, 4.69) is 59.1 Å². The first-order valence-corrected chi connectivity index (χ1v) is 11.9. The number of nitrogens with one attached hydrogen (secondary N) is 2. The summed E-state index contributed by atoms with van der Waals surface area (Å²) in [6, 6.07) is 0.0373. The van der Waals surface area contributed by atoms with Crippen LogP contribution in [0, 0.1) is 22.7 Å². The Hall–Kier alpha value is -1.46. The van der Waals surface area contributed by atoms with Crippen molar-refractivity contribution in [2.45, 2.75) is 99.5 Å². The second-order valence-electron chi connectivity index (χ2n) is 10.3. The van der Waals surface area contributed by atoms with E-state index in [4.69, 9.17) is 9.47 Å². The van der Waals surface area contributed by atoms with Gasteiger partial charge in [0.1, 0.15) is 0 Å². The highest BCUT2D eigenvalue weighted by Crippen LogP contribution is 2.45. The highest BCUT2D eigenvalue weighted by molar-refractivity contribution is 5.68. The molecule has 1 aliphatic carbocycles. The van der Waals surface area contributed by atoms with Gasteiger partial charge in [-0.1, -0.05) is 74.1 Å². The van der Waals surface area contributed by atoms with Gasteiger partial charge in [0.05, 0.1) is 13.2 Å². The van der Waals surface area contributed by atoms with Gasteiger partial charge < -0.3 is 20.1 Å². The summed E-state index contributed by atoms with van der Waals surface area (Å²) in [6.45, 7) is 16.6.